The van der Waals surface area contributed by atoms with Crippen molar-refractivity contribution in [3.05, 3.63) is 35.7 Å². The number of nitrogens with zero attached hydrogens (tertiary/aromatic N) is 4. The number of aliphatic hydroxyl groups is 1. The van der Waals surface area contributed by atoms with Gasteiger partial charge in [0.05, 0.1) is 12.3 Å². The second kappa shape index (κ2) is 9.61. The van der Waals surface area contributed by atoms with Crippen molar-refractivity contribution in [2.24, 2.45) is 5.41 Å². The quantitative estimate of drug-likeness (QED) is 0.562. The number of nitrogens with one attached hydrogen (secondary N) is 2. The molecule has 0 aliphatic heterocycles. The number of alkyl halides is 2. The molecule has 3 N–H and O–H groups in total. The van der Waals surface area contributed by atoms with Crippen LogP contribution >= 0.6 is 0 Å². The molecule has 10 heteroatoms. The summed E-state index contributed by atoms with van der Waals surface area (Å²) < 4.78 is 31.4. The predicted octanol–water partition coefficient (Wildman–Crippen LogP) is 3.74. The molecule has 0 aromatic carbocycles. The first-order valence-corrected chi connectivity index (χ1v) is 10.5. The molecule has 3 rings (SSSR count). The van der Waals surface area contributed by atoms with Gasteiger partial charge in [-0.1, -0.05) is 19.9 Å². The molecule has 1 aliphatic rings. The van der Waals surface area contributed by atoms with Crippen molar-refractivity contribution >= 4 is 11.8 Å². The molecule has 32 heavy (non-hydrogen) atoms. The average molecular weight is 447 g/mol. The molecule has 1 saturated carbocycles. The van der Waals surface area contributed by atoms with E-state index in [2.05, 4.69) is 31.7 Å². The van der Waals surface area contributed by atoms with Crippen LogP contribution in [0.1, 0.15) is 51.2 Å². The normalized spacial score (nSPS) is 20.3. The second-order valence-electron chi connectivity index (χ2n) is 8.87. The lowest BCUT2D eigenvalue weighted by atomic mass is 9.73. The Kier molecular flexibility index (Phi) is 7.09. The van der Waals surface area contributed by atoms with Crippen LogP contribution in [-0.2, 0) is 6.54 Å². The van der Waals surface area contributed by atoms with Gasteiger partial charge in [0.1, 0.15) is 17.5 Å². The van der Waals surface area contributed by atoms with Crippen LogP contribution < -0.4 is 15.4 Å². The molecule has 1 aliphatic carbocycles. The Morgan fingerprint density at radius 1 is 1.34 bits per heavy atom. The molecule has 2 aromatic heterocycles. The highest BCUT2D eigenvalue weighted by atomic mass is 19.3. The first kappa shape index (κ1) is 23.6. The van der Waals surface area contributed by atoms with Crippen LogP contribution in [0.25, 0.3) is 0 Å². The second-order valence-corrected chi connectivity index (χ2v) is 8.87. The van der Waals surface area contributed by atoms with E-state index < -0.39 is 12.5 Å². The van der Waals surface area contributed by atoms with Crippen molar-refractivity contribution in [1.29, 1.82) is 5.26 Å². The summed E-state index contributed by atoms with van der Waals surface area (Å²) in [5.41, 5.74) is 0.653. The molecule has 2 atom stereocenters. The van der Waals surface area contributed by atoms with Gasteiger partial charge < -0.3 is 20.5 Å². The molecule has 0 radical (unpaired) electrons. The van der Waals surface area contributed by atoms with E-state index in [9.17, 15) is 19.1 Å². The maximum atomic E-state index is 13.1. The number of nitriles is 1. The average Bonchev–Trinajstić information content (AvgIpc) is 2.73. The van der Waals surface area contributed by atoms with Gasteiger partial charge in [0.2, 0.25) is 11.8 Å². The number of pyridine rings is 1. The first-order valence-electron chi connectivity index (χ1n) is 10.5. The number of ether oxygens (including phenoxy) is 1. The zero-order valence-corrected chi connectivity index (χ0v) is 18.4. The lowest BCUT2D eigenvalue weighted by Gasteiger charge is -2.40. The van der Waals surface area contributed by atoms with Crippen LogP contribution in [0.2, 0.25) is 0 Å². The van der Waals surface area contributed by atoms with E-state index in [1.54, 1.807) is 12.1 Å². The molecule has 0 amide bonds. The first-order chi connectivity index (χ1) is 15.1. The molecule has 0 unspecified atom stereocenters. The summed E-state index contributed by atoms with van der Waals surface area (Å²) in [6.07, 6.45) is 4.71. The third-order valence-corrected chi connectivity index (χ3v) is 5.46. The van der Waals surface area contributed by atoms with Crippen molar-refractivity contribution in [3.63, 3.8) is 0 Å². The summed E-state index contributed by atoms with van der Waals surface area (Å²) in [6.45, 7) is 4.25. The largest absolute Gasteiger partial charge is 0.471 e. The molecule has 8 nitrogen and oxygen atoms in total. The lowest BCUT2D eigenvalue weighted by molar-refractivity contribution is -0.0244. The van der Waals surface area contributed by atoms with Crippen LogP contribution in [0.3, 0.4) is 0 Å². The highest BCUT2D eigenvalue weighted by Gasteiger charge is 2.36. The molecule has 0 bridgehead atoms. The highest BCUT2D eigenvalue weighted by molar-refractivity contribution is 5.54. The standard InChI is InChI=1S/C22H28F2N6O2/c1-21(2)9-16(6-7-17(21)31)29-18-15(10-25)12-28-20(30-18)27-11-14-5-4-8-26-19(14)32-13-22(3,23)24/h4-5,8,12,16-17,31H,6-7,9,11,13H2,1-3H3,(H2,27,28,29,30)/t16-,17-/m1/s1. The monoisotopic (exact) mass is 446 g/mol. The van der Waals surface area contributed by atoms with Crippen LogP contribution in [0.4, 0.5) is 20.5 Å². The van der Waals surface area contributed by atoms with Gasteiger partial charge in [0, 0.05) is 31.3 Å². The number of aliphatic hydroxyl groups excluding tert-OH is 1. The SMILES string of the molecule is CC(F)(F)COc1ncccc1CNc1ncc(C#N)c(N[C@@H]2CC[C@@H](O)C(C)(C)C2)n1. The number of anilines is 2. The predicted molar refractivity (Wildman–Crippen MR) is 115 cm³/mol. The number of hydrogen-bond donors (Lipinski definition) is 3. The van der Waals surface area contributed by atoms with Crippen molar-refractivity contribution in [2.75, 3.05) is 17.2 Å². The van der Waals surface area contributed by atoms with E-state index >= 15 is 0 Å². The summed E-state index contributed by atoms with van der Waals surface area (Å²) in [4.78, 5) is 12.6. The van der Waals surface area contributed by atoms with Crippen LogP contribution in [-0.4, -0.2) is 44.7 Å². The Morgan fingerprint density at radius 2 is 2.12 bits per heavy atom. The zero-order chi connectivity index (χ0) is 23.4. The van der Waals surface area contributed by atoms with E-state index in [0.29, 0.717) is 23.4 Å². The maximum absolute atomic E-state index is 13.1. The smallest absolute Gasteiger partial charge is 0.278 e. The van der Waals surface area contributed by atoms with E-state index in [4.69, 9.17) is 4.74 Å². The molecule has 0 saturated heterocycles. The number of halogens is 2. The topological polar surface area (TPSA) is 116 Å². The Bertz CT molecular complexity index is 974. The van der Waals surface area contributed by atoms with Gasteiger partial charge in [-0.05, 0) is 30.7 Å². The van der Waals surface area contributed by atoms with Gasteiger partial charge in [-0.15, -0.1) is 0 Å². The van der Waals surface area contributed by atoms with Crippen molar-refractivity contribution in [1.82, 2.24) is 15.0 Å². The summed E-state index contributed by atoms with van der Waals surface area (Å²) in [6, 6.07) is 5.55. The molecule has 1 fully saturated rings. The molecule has 0 spiro atoms. The minimum Gasteiger partial charge on any atom is -0.471 e. The number of rotatable bonds is 8. The van der Waals surface area contributed by atoms with Gasteiger partial charge in [-0.2, -0.15) is 10.2 Å². The van der Waals surface area contributed by atoms with Crippen LogP contribution in [0.15, 0.2) is 24.5 Å². The maximum Gasteiger partial charge on any atom is 0.278 e. The van der Waals surface area contributed by atoms with E-state index in [-0.39, 0.29) is 35.9 Å². The fourth-order valence-corrected chi connectivity index (χ4v) is 3.66. The minimum atomic E-state index is -2.97. The van der Waals surface area contributed by atoms with Crippen LogP contribution in [0, 0.1) is 16.7 Å². The van der Waals surface area contributed by atoms with Crippen LogP contribution in [0.5, 0.6) is 5.88 Å². The summed E-state index contributed by atoms with van der Waals surface area (Å²) in [5, 5.41) is 26.0. The summed E-state index contributed by atoms with van der Waals surface area (Å²) in [5.74, 6) is -2.17. The zero-order valence-electron chi connectivity index (χ0n) is 18.4. The highest BCUT2D eigenvalue weighted by Crippen LogP contribution is 2.37. The molecular weight excluding hydrogens is 418 g/mol. The molecule has 172 valence electrons. The minimum absolute atomic E-state index is 0.0669. The van der Waals surface area contributed by atoms with E-state index in [1.807, 2.05) is 13.8 Å². The van der Waals surface area contributed by atoms with Crippen molar-refractivity contribution in [3.8, 4) is 11.9 Å². The number of aromatic nitrogens is 3. The fraction of sp³-hybridized carbons (Fsp3) is 0.545. The van der Waals surface area contributed by atoms with Crippen molar-refractivity contribution in [2.45, 2.75) is 64.6 Å². The van der Waals surface area contributed by atoms with Gasteiger partial charge in [0.15, 0.2) is 6.61 Å². The molecule has 2 aromatic rings. The van der Waals surface area contributed by atoms with Gasteiger partial charge in [0.25, 0.3) is 5.92 Å². The Balaban J connectivity index is 1.70. The summed E-state index contributed by atoms with van der Waals surface area (Å²) in [7, 11) is 0. The Hall–Kier alpha value is -3.06. The lowest BCUT2D eigenvalue weighted by Crippen LogP contribution is -2.41. The fourth-order valence-electron chi connectivity index (χ4n) is 3.66. The Morgan fingerprint density at radius 3 is 2.81 bits per heavy atom. The van der Waals surface area contributed by atoms with Crippen molar-refractivity contribution < 1.29 is 18.6 Å². The van der Waals surface area contributed by atoms with E-state index in [0.717, 1.165) is 19.8 Å². The summed E-state index contributed by atoms with van der Waals surface area (Å²) >= 11 is 0. The molecular formula is C22H28F2N6O2. The number of hydrogen-bond acceptors (Lipinski definition) is 8. The molecule has 2 heterocycles. The Labute approximate surface area is 186 Å². The van der Waals surface area contributed by atoms with Gasteiger partial charge >= 0.3 is 0 Å². The van der Waals surface area contributed by atoms with Gasteiger partial charge in [-0.3, -0.25) is 0 Å². The third-order valence-electron chi connectivity index (χ3n) is 5.46. The van der Waals surface area contributed by atoms with Gasteiger partial charge in [-0.25, -0.2) is 18.7 Å². The van der Waals surface area contributed by atoms with E-state index in [1.165, 1.54) is 12.4 Å². The third kappa shape index (κ3) is 6.23.